The van der Waals surface area contributed by atoms with Crippen LogP contribution in [0.15, 0.2) is 18.2 Å². The Morgan fingerprint density at radius 2 is 1.91 bits per heavy atom. The zero-order valence-electron chi connectivity index (χ0n) is 14.1. The van der Waals surface area contributed by atoms with Crippen LogP contribution in [0.3, 0.4) is 0 Å². The predicted molar refractivity (Wildman–Crippen MR) is 90.4 cm³/mol. The minimum Gasteiger partial charge on any atom is -0.341 e. The SMILES string of the molecule is CC(=O)N1C[C@@H]2CC[C@H](C1)N(C(=O)Nc1cc(C)ccc1C)C2. The molecule has 3 fully saturated rings. The molecule has 0 aromatic heterocycles. The van der Waals surface area contributed by atoms with Crippen molar-refractivity contribution in [3.8, 4) is 0 Å². The number of hydrogen-bond acceptors (Lipinski definition) is 2. The van der Waals surface area contributed by atoms with Gasteiger partial charge >= 0.3 is 6.03 Å². The number of carbonyl (C=O) groups is 2. The molecule has 0 spiro atoms. The van der Waals surface area contributed by atoms with E-state index in [4.69, 9.17) is 0 Å². The normalized spacial score (nSPS) is 23.6. The summed E-state index contributed by atoms with van der Waals surface area (Å²) in [6.07, 6.45) is 2.08. The van der Waals surface area contributed by atoms with E-state index in [0.717, 1.165) is 42.7 Å². The first-order valence-electron chi connectivity index (χ1n) is 8.34. The lowest BCUT2D eigenvalue weighted by atomic mass is 9.95. The molecule has 0 aliphatic carbocycles. The van der Waals surface area contributed by atoms with Crippen LogP contribution in [0.4, 0.5) is 10.5 Å². The number of nitrogens with zero attached hydrogens (tertiary/aromatic N) is 2. The number of carbonyl (C=O) groups excluding carboxylic acids is 2. The molecule has 3 aliphatic rings. The van der Waals surface area contributed by atoms with Crippen LogP contribution in [0.5, 0.6) is 0 Å². The Bertz CT molecular complexity index is 629. The van der Waals surface area contributed by atoms with Gasteiger partial charge in [-0.3, -0.25) is 4.79 Å². The van der Waals surface area contributed by atoms with Crippen molar-refractivity contribution in [2.75, 3.05) is 25.0 Å². The molecule has 5 nitrogen and oxygen atoms in total. The molecule has 0 saturated carbocycles. The van der Waals surface area contributed by atoms with Crippen molar-refractivity contribution in [3.63, 3.8) is 0 Å². The van der Waals surface area contributed by atoms with Crippen molar-refractivity contribution in [2.24, 2.45) is 5.92 Å². The second-order valence-electron chi connectivity index (χ2n) is 6.92. The summed E-state index contributed by atoms with van der Waals surface area (Å²) in [6.45, 7) is 7.82. The van der Waals surface area contributed by atoms with Crippen LogP contribution in [0.25, 0.3) is 0 Å². The van der Waals surface area contributed by atoms with E-state index in [0.29, 0.717) is 12.5 Å². The van der Waals surface area contributed by atoms with Crippen molar-refractivity contribution in [2.45, 2.75) is 39.7 Å². The highest BCUT2D eigenvalue weighted by atomic mass is 16.2. The number of fused-ring (bicyclic) bond motifs is 4. The fourth-order valence-corrected chi connectivity index (χ4v) is 3.65. The van der Waals surface area contributed by atoms with Crippen LogP contribution in [0.1, 0.15) is 30.9 Å². The van der Waals surface area contributed by atoms with Gasteiger partial charge in [-0.2, -0.15) is 0 Å². The van der Waals surface area contributed by atoms with Gasteiger partial charge in [-0.05, 0) is 49.8 Å². The molecule has 3 saturated heterocycles. The van der Waals surface area contributed by atoms with Gasteiger partial charge in [-0.1, -0.05) is 12.1 Å². The first-order valence-corrected chi connectivity index (χ1v) is 8.34. The summed E-state index contributed by atoms with van der Waals surface area (Å²) < 4.78 is 0. The Morgan fingerprint density at radius 1 is 1.13 bits per heavy atom. The van der Waals surface area contributed by atoms with E-state index in [2.05, 4.69) is 5.32 Å². The molecule has 5 heteroatoms. The van der Waals surface area contributed by atoms with Gasteiger partial charge in [0.15, 0.2) is 0 Å². The predicted octanol–water partition coefficient (Wildman–Crippen LogP) is 2.78. The van der Waals surface area contributed by atoms with Crippen molar-refractivity contribution in [1.29, 1.82) is 0 Å². The van der Waals surface area contributed by atoms with Crippen LogP contribution >= 0.6 is 0 Å². The van der Waals surface area contributed by atoms with Gasteiger partial charge in [-0.25, -0.2) is 4.79 Å². The zero-order valence-corrected chi connectivity index (χ0v) is 14.1. The molecule has 1 N–H and O–H groups in total. The standard InChI is InChI=1S/C18H25N3O2/c1-12-4-5-13(2)17(8-12)19-18(23)21-10-15-6-7-16(21)11-20(9-15)14(3)22/h4-5,8,15-16H,6-7,9-11H2,1-3H3,(H,19,23)/t15-,16+/m0/s1. The van der Waals surface area contributed by atoms with Crippen LogP contribution in [-0.4, -0.2) is 47.4 Å². The maximum absolute atomic E-state index is 12.8. The smallest absolute Gasteiger partial charge is 0.322 e. The van der Waals surface area contributed by atoms with E-state index < -0.39 is 0 Å². The van der Waals surface area contributed by atoms with E-state index in [1.54, 1.807) is 6.92 Å². The third-order valence-electron chi connectivity index (χ3n) is 5.05. The molecule has 3 amide bonds. The summed E-state index contributed by atoms with van der Waals surface area (Å²) in [5.74, 6) is 0.501. The molecule has 1 aromatic carbocycles. The Balaban J connectivity index is 1.75. The van der Waals surface area contributed by atoms with Crippen LogP contribution in [-0.2, 0) is 4.79 Å². The molecule has 23 heavy (non-hydrogen) atoms. The van der Waals surface area contributed by atoms with Crippen LogP contribution in [0.2, 0.25) is 0 Å². The number of amides is 3. The number of nitrogens with one attached hydrogen (secondary N) is 1. The summed E-state index contributed by atoms with van der Waals surface area (Å²) in [4.78, 5) is 28.3. The molecule has 4 rings (SSSR count). The van der Waals surface area contributed by atoms with Gasteiger partial charge in [0.2, 0.25) is 5.91 Å². The second kappa shape index (κ2) is 6.22. The number of urea groups is 1. The average Bonchev–Trinajstić information content (AvgIpc) is 2.83. The Morgan fingerprint density at radius 3 is 2.65 bits per heavy atom. The van der Waals surface area contributed by atoms with E-state index in [1.807, 2.05) is 41.8 Å². The molecule has 0 radical (unpaired) electrons. The van der Waals surface area contributed by atoms with E-state index in [9.17, 15) is 9.59 Å². The fourth-order valence-electron chi connectivity index (χ4n) is 3.65. The number of piperidine rings is 1. The molecular formula is C18H25N3O2. The fraction of sp³-hybridized carbons (Fsp3) is 0.556. The van der Waals surface area contributed by atoms with E-state index >= 15 is 0 Å². The van der Waals surface area contributed by atoms with E-state index in [1.165, 1.54) is 0 Å². The van der Waals surface area contributed by atoms with E-state index in [-0.39, 0.29) is 18.0 Å². The maximum atomic E-state index is 12.8. The molecule has 124 valence electrons. The lowest BCUT2D eigenvalue weighted by molar-refractivity contribution is -0.129. The Labute approximate surface area is 137 Å². The van der Waals surface area contributed by atoms with Crippen molar-refractivity contribution in [3.05, 3.63) is 29.3 Å². The van der Waals surface area contributed by atoms with Gasteiger partial charge in [0.05, 0.1) is 6.04 Å². The summed E-state index contributed by atoms with van der Waals surface area (Å²) in [5.41, 5.74) is 3.07. The first kappa shape index (κ1) is 15.8. The summed E-state index contributed by atoms with van der Waals surface area (Å²) >= 11 is 0. The zero-order chi connectivity index (χ0) is 16.6. The molecule has 0 unspecified atom stereocenters. The molecule has 3 heterocycles. The number of anilines is 1. The topological polar surface area (TPSA) is 52.7 Å². The minimum atomic E-state index is -0.0428. The highest BCUT2D eigenvalue weighted by Crippen LogP contribution is 2.29. The summed E-state index contributed by atoms with van der Waals surface area (Å²) in [7, 11) is 0. The number of aryl methyl sites for hydroxylation is 2. The highest BCUT2D eigenvalue weighted by Gasteiger charge is 2.37. The quantitative estimate of drug-likeness (QED) is 0.866. The lowest BCUT2D eigenvalue weighted by Crippen LogP contribution is -2.49. The van der Waals surface area contributed by atoms with Crippen LogP contribution < -0.4 is 5.32 Å². The van der Waals surface area contributed by atoms with Crippen molar-refractivity contribution < 1.29 is 9.59 Å². The third-order valence-corrected chi connectivity index (χ3v) is 5.05. The largest absolute Gasteiger partial charge is 0.341 e. The van der Waals surface area contributed by atoms with Crippen molar-refractivity contribution in [1.82, 2.24) is 9.80 Å². The third kappa shape index (κ3) is 3.33. The highest BCUT2D eigenvalue weighted by molar-refractivity contribution is 5.90. The van der Waals surface area contributed by atoms with Gasteiger partial charge in [0.25, 0.3) is 0 Å². The van der Waals surface area contributed by atoms with Gasteiger partial charge in [0, 0.05) is 32.2 Å². The molecule has 1 aromatic rings. The van der Waals surface area contributed by atoms with Gasteiger partial charge < -0.3 is 15.1 Å². The molecule has 2 bridgehead atoms. The van der Waals surface area contributed by atoms with Gasteiger partial charge in [0.1, 0.15) is 0 Å². The molecule has 2 atom stereocenters. The lowest BCUT2D eigenvalue weighted by Gasteiger charge is -2.36. The minimum absolute atomic E-state index is 0.0428. The first-order chi connectivity index (χ1) is 10.9. The maximum Gasteiger partial charge on any atom is 0.322 e. The number of hydrogen-bond donors (Lipinski definition) is 1. The summed E-state index contributed by atoms with van der Waals surface area (Å²) in [5, 5.41) is 3.06. The van der Waals surface area contributed by atoms with Gasteiger partial charge in [-0.15, -0.1) is 0 Å². The Hall–Kier alpha value is -2.04. The average molecular weight is 315 g/mol. The molecular weight excluding hydrogens is 290 g/mol. The van der Waals surface area contributed by atoms with Crippen LogP contribution in [0, 0.1) is 19.8 Å². The number of benzene rings is 1. The number of rotatable bonds is 1. The summed E-state index contributed by atoms with van der Waals surface area (Å²) in [6, 6.07) is 6.16. The molecule has 3 aliphatic heterocycles. The Kier molecular flexibility index (Phi) is 4.28. The monoisotopic (exact) mass is 315 g/mol. The van der Waals surface area contributed by atoms with Crippen molar-refractivity contribution >= 4 is 17.6 Å². The second-order valence-corrected chi connectivity index (χ2v) is 6.92.